The molecule has 0 aliphatic heterocycles. The molecule has 0 radical (unpaired) electrons. The van der Waals surface area contributed by atoms with E-state index in [-0.39, 0.29) is 23.2 Å². The molecular formula is C13H20N4O3. The van der Waals surface area contributed by atoms with Gasteiger partial charge in [-0.2, -0.15) is 0 Å². The number of hydrogen-bond acceptors (Lipinski definition) is 6. The van der Waals surface area contributed by atoms with Crippen LogP contribution in [0.5, 0.6) is 0 Å². The summed E-state index contributed by atoms with van der Waals surface area (Å²) in [5, 5.41) is 26.8. The minimum Gasteiger partial charge on any atom is -0.392 e. The fourth-order valence-corrected chi connectivity index (χ4v) is 2.29. The summed E-state index contributed by atoms with van der Waals surface area (Å²) in [6, 6.07) is 2.89. The number of aliphatic hydroxyl groups excluding tert-OH is 1. The molecule has 1 aromatic heterocycles. The molecule has 1 aliphatic carbocycles. The third-order valence-electron chi connectivity index (χ3n) is 3.92. The number of pyridine rings is 1. The van der Waals surface area contributed by atoms with Gasteiger partial charge in [-0.1, -0.05) is 13.8 Å². The van der Waals surface area contributed by atoms with Gasteiger partial charge < -0.3 is 15.7 Å². The third kappa shape index (κ3) is 2.67. The van der Waals surface area contributed by atoms with Crippen LogP contribution < -0.4 is 10.6 Å². The summed E-state index contributed by atoms with van der Waals surface area (Å²) in [5.41, 5.74) is -0.263. The SMILES string of the molecule is CCNc1cc([N+](=O)[O-])cc(NC2CC(O)C2(C)C)n1. The second-order valence-electron chi connectivity index (χ2n) is 5.65. The predicted octanol–water partition coefficient (Wildman–Crippen LogP) is 1.99. The molecule has 110 valence electrons. The Bertz CT molecular complexity index is 518. The molecule has 7 nitrogen and oxygen atoms in total. The molecule has 20 heavy (non-hydrogen) atoms. The molecular weight excluding hydrogens is 260 g/mol. The quantitative estimate of drug-likeness (QED) is 0.563. The second kappa shape index (κ2) is 5.24. The van der Waals surface area contributed by atoms with Crippen molar-refractivity contribution in [3.63, 3.8) is 0 Å². The Hall–Kier alpha value is -1.89. The van der Waals surface area contributed by atoms with E-state index in [1.54, 1.807) is 0 Å². The zero-order valence-electron chi connectivity index (χ0n) is 11.9. The van der Waals surface area contributed by atoms with Crippen LogP contribution in [-0.2, 0) is 0 Å². The first kappa shape index (κ1) is 14.5. The molecule has 2 rings (SSSR count). The van der Waals surface area contributed by atoms with Gasteiger partial charge in [0.2, 0.25) is 0 Å². The number of rotatable bonds is 5. The van der Waals surface area contributed by atoms with Crippen molar-refractivity contribution in [2.45, 2.75) is 39.3 Å². The van der Waals surface area contributed by atoms with Crippen molar-refractivity contribution < 1.29 is 10.0 Å². The van der Waals surface area contributed by atoms with E-state index in [0.29, 0.717) is 24.6 Å². The second-order valence-corrected chi connectivity index (χ2v) is 5.65. The van der Waals surface area contributed by atoms with Crippen molar-refractivity contribution in [1.29, 1.82) is 0 Å². The van der Waals surface area contributed by atoms with Crippen LogP contribution in [0.1, 0.15) is 27.2 Å². The number of hydrogen-bond donors (Lipinski definition) is 3. The first-order chi connectivity index (χ1) is 9.34. The van der Waals surface area contributed by atoms with Gasteiger partial charge in [-0.15, -0.1) is 0 Å². The number of nitrogens with zero attached hydrogens (tertiary/aromatic N) is 2. The number of nitro groups is 1. The molecule has 1 aromatic rings. The van der Waals surface area contributed by atoms with Crippen LogP contribution in [-0.4, -0.2) is 33.7 Å². The smallest absolute Gasteiger partial charge is 0.276 e. The topological polar surface area (TPSA) is 100 Å². The van der Waals surface area contributed by atoms with Crippen molar-refractivity contribution in [2.75, 3.05) is 17.2 Å². The highest BCUT2D eigenvalue weighted by molar-refractivity contribution is 5.55. The lowest BCUT2D eigenvalue weighted by Crippen LogP contribution is -2.57. The van der Waals surface area contributed by atoms with Gasteiger partial charge in [0, 0.05) is 18.0 Å². The fourth-order valence-electron chi connectivity index (χ4n) is 2.29. The molecule has 1 fully saturated rings. The van der Waals surface area contributed by atoms with Crippen LogP contribution in [0.4, 0.5) is 17.3 Å². The Morgan fingerprint density at radius 3 is 2.65 bits per heavy atom. The van der Waals surface area contributed by atoms with Crippen LogP contribution in [0.15, 0.2) is 12.1 Å². The minimum absolute atomic E-state index is 0.00359. The summed E-state index contributed by atoms with van der Waals surface area (Å²) in [5.74, 6) is 0.932. The molecule has 7 heteroatoms. The highest BCUT2D eigenvalue weighted by atomic mass is 16.6. The molecule has 3 N–H and O–H groups in total. The summed E-state index contributed by atoms with van der Waals surface area (Å²) in [7, 11) is 0. The third-order valence-corrected chi connectivity index (χ3v) is 3.92. The van der Waals surface area contributed by atoms with E-state index in [0.717, 1.165) is 0 Å². The molecule has 2 unspecified atom stereocenters. The van der Waals surface area contributed by atoms with Crippen molar-refractivity contribution in [3.8, 4) is 0 Å². The first-order valence-corrected chi connectivity index (χ1v) is 6.69. The number of nitrogens with one attached hydrogen (secondary N) is 2. The maximum atomic E-state index is 10.9. The average molecular weight is 280 g/mol. The maximum absolute atomic E-state index is 10.9. The largest absolute Gasteiger partial charge is 0.392 e. The fraction of sp³-hybridized carbons (Fsp3) is 0.615. The lowest BCUT2D eigenvalue weighted by Gasteiger charge is -2.49. The van der Waals surface area contributed by atoms with E-state index in [1.807, 2.05) is 20.8 Å². The number of aromatic nitrogens is 1. The molecule has 0 aromatic carbocycles. The molecule has 1 heterocycles. The Morgan fingerprint density at radius 1 is 1.50 bits per heavy atom. The maximum Gasteiger partial charge on any atom is 0.276 e. The van der Waals surface area contributed by atoms with E-state index in [2.05, 4.69) is 15.6 Å². The normalized spacial score (nSPS) is 23.8. The van der Waals surface area contributed by atoms with Gasteiger partial charge in [-0.05, 0) is 13.3 Å². The highest BCUT2D eigenvalue weighted by Gasteiger charge is 2.47. The summed E-state index contributed by atoms with van der Waals surface area (Å²) in [6.07, 6.45) is 0.264. The number of aliphatic hydroxyl groups is 1. The van der Waals surface area contributed by atoms with Gasteiger partial charge in [0.05, 0.1) is 23.2 Å². The van der Waals surface area contributed by atoms with Gasteiger partial charge in [0.1, 0.15) is 11.6 Å². The molecule has 0 saturated heterocycles. The molecule has 0 spiro atoms. The Labute approximate surface area is 117 Å². The highest BCUT2D eigenvalue weighted by Crippen LogP contribution is 2.42. The van der Waals surface area contributed by atoms with Crippen LogP contribution in [0.25, 0.3) is 0 Å². The first-order valence-electron chi connectivity index (χ1n) is 6.69. The number of anilines is 2. The van der Waals surface area contributed by atoms with Crippen molar-refractivity contribution in [2.24, 2.45) is 5.41 Å². The van der Waals surface area contributed by atoms with Crippen molar-refractivity contribution in [1.82, 2.24) is 4.98 Å². The molecule has 0 bridgehead atoms. The lowest BCUT2D eigenvalue weighted by atomic mass is 9.64. The van der Waals surface area contributed by atoms with Crippen LogP contribution >= 0.6 is 0 Å². The monoisotopic (exact) mass is 280 g/mol. The minimum atomic E-state index is -0.436. The Morgan fingerprint density at radius 2 is 2.15 bits per heavy atom. The summed E-state index contributed by atoms with van der Waals surface area (Å²) < 4.78 is 0. The van der Waals surface area contributed by atoms with E-state index in [9.17, 15) is 15.2 Å². The lowest BCUT2D eigenvalue weighted by molar-refractivity contribution is -0.384. The van der Waals surface area contributed by atoms with Crippen LogP contribution in [0.3, 0.4) is 0 Å². The molecule has 1 aliphatic rings. The van der Waals surface area contributed by atoms with Gasteiger partial charge in [0.15, 0.2) is 0 Å². The van der Waals surface area contributed by atoms with Gasteiger partial charge in [-0.25, -0.2) is 4.98 Å². The Balaban J connectivity index is 2.21. The predicted molar refractivity (Wildman–Crippen MR) is 76.9 cm³/mol. The zero-order valence-corrected chi connectivity index (χ0v) is 11.9. The van der Waals surface area contributed by atoms with E-state index in [1.165, 1.54) is 12.1 Å². The van der Waals surface area contributed by atoms with Gasteiger partial charge >= 0.3 is 0 Å². The van der Waals surface area contributed by atoms with Crippen molar-refractivity contribution in [3.05, 3.63) is 22.2 Å². The Kier molecular flexibility index (Phi) is 3.80. The summed E-state index contributed by atoms with van der Waals surface area (Å²) in [6.45, 7) is 6.46. The van der Waals surface area contributed by atoms with Gasteiger partial charge in [0.25, 0.3) is 5.69 Å². The van der Waals surface area contributed by atoms with Crippen LogP contribution in [0, 0.1) is 15.5 Å². The summed E-state index contributed by atoms with van der Waals surface area (Å²) >= 11 is 0. The molecule has 0 amide bonds. The standard InChI is InChI=1S/C13H20N4O3/c1-4-14-11-5-8(17(19)20)6-12(16-11)15-9-7-10(18)13(9,2)3/h5-6,9-10,18H,4,7H2,1-3H3,(H2,14,15,16). The van der Waals surface area contributed by atoms with Gasteiger partial charge in [-0.3, -0.25) is 10.1 Å². The van der Waals surface area contributed by atoms with E-state index < -0.39 is 4.92 Å². The molecule has 1 saturated carbocycles. The van der Waals surface area contributed by atoms with Crippen molar-refractivity contribution >= 4 is 17.3 Å². The summed E-state index contributed by atoms with van der Waals surface area (Å²) in [4.78, 5) is 14.8. The average Bonchev–Trinajstić information content (AvgIpc) is 2.38. The van der Waals surface area contributed by atoms with Crippen LogP contribution in [0.2, 0.25) is 0 Å². The zero-order chi connectivity index (χ0) is 14.9. The van der Waals surface area contributed by atoms with E-state index in [4.69, 9.17) is 0 Å². The molecule has 2 atom stereocenters. The van der Waals surface area contributed by atoms with E-state index >= 15 is 0 Å².